The SMILES string of the molecule is COCC1(CNc2nc(-c3ccccn3)nc(Cl)c2C)CCCN1. The van der Waals surface area contributed by atoms with E-state index in [1.54, 1.807) is 13.3 Å². The van der Waals surface area contributed by atoms with Gasteiger partial charge in [-0.05, 0) is 38.4 Å². The largest absolute Gasteiger partial charge is 0.383 e. The van der Waals surface area contributed by atoms with Gasteiger partial charge in [-0.2, -0.15) is 0 Å². The molecule has 1 atom stereocenters. The van der Waals surface area contributed by atoms with Crippen LogP contribution in [0.5, 0.6) is 0 Å². The lowest BCUT2D eigenvalue weighted by molar-refractivity contribution is 0.127. The number of methoxy groups -OCH3 is 1. The molecule has 3 rings (SSSR count). The van der Waals surface area contributed by atoms with Crippen molar-refractivity contribution in [3.63, 3.8) is 0 Å². The third-order valence-corrected chi connectivity index (χ3v) is 4.70. The lowest BCUT2D eigenvalue weighted by atomic mass is 9.98. The van der Waals surface area contributed by atoms with E-state index >= 15 is 0 Å². The van der Waals surface area contributed by atoms with Gasteiger partial charge in [0.05, 0.1) is 12.1 Å². The third kappa shape index (κ3) is 3.66. The molecule has 0 amide bonds. The quantitative estimate of drug-likeness (QED) is 0.783. The molecule has 1 aliphatic heterocycles. The first kappa shape index (κ1) is 17.1. The summed E-state index contributed by atoms with van der Waals surface area (Å²) in [4.78, 5) is 13.3. The van der Waals surface area contributed by atoms with Crippen LogP contribution in [0.1, 0.15) is 18.4 Å². The van der Waals surface area contributed by atoms with Crippen molar-refractivity contribution in [2.75, 3.05) is 32.1 Å². The number of nitrogens with one attached hydrogen (secondary N) is 2. The minimum Gasteiger partial charge on any atom is -0.383 e. The number of halogens is 1. The highest BCUT2D eigenvalue weighted by Crippen LogP contribution is 2.26. The van der Waals surface area contributed by atoms with Gasteiger partial charge in [-0.1, -0.05) is 17.7 Å². The Bertz CT molecular complexity index is 689. The van der Waals surface area contributed by atoms with Crippen molar-refractivity contribution < 1.29 is 4.74 Å². The molecule has 2 N–H and O–H groups in total. The molecule has 6 nitrogen and oxygen atoms in total. The van der Waals surface area contributed by atoms with Gasteiger partial charge in [0.2, 0.25) is 0 Å². The summed E-state index contributed by atoms with van der Waals surface area (Å²) in [6.45, 7) is 4.30. The van der Waals surface area contributed by atoms with Crippen LogP contribution in [-0.2, 0) is 4.74 Å². The van der Waals surface area contributed by atoms with Gasteiger partial charge in [0.1, 0.15) is 16.7 Å². The van der Waals surface area contributed by atoms with E-state index in [9.17, 15) is 0 Å². The standard InChI is InChI=1S/C17H22ClN5O/c1-12-14(18)22-16(13-6-3-4-8-19-13)23-15(12)20-10-17(11-24-2)7-5-9-21-17/h3-4,6,8,21H,5,7,9-11H2,1-2H3,(H,20,22,23). The number of aromatic nitrogens is 3. The molecule has 1 unspecified atom stereocenters. The number of pyridine rings is 1. The Morgan fingerprint density at radius 1 is 1.38 bits per heavy atom. The van der Waals surface area contributed by atoms with Crippen molar-refractivity contribution in [3.8, 4) is 11.5 Å². The normalized spacial score (nSPS) is 20.3. The van der Waals surface area contributed by atoms with Gasteiger partial charge in [0, 0.05) is 25.4 Å². The summed E-state index contributed by atoms with van der Waals surface area (Å²) in [7, 11) is 1.73. The summed E-state index contributed by atoms with van der Waals surface area (Å²) in [6.07, 6.45) is 3.93. The Balaban J connectivity index is 1.83. The molecule has 2 aromatic heterocycles. The Kier molecular flexibility index (Phi) is 5.28. The summed E-state index contributed by atoms with van der Waals surface area (Å²) in [5.74, 6) is 1.26. The smallest absolute Gasteiger partial charge is 0.181 e. The van der Waals surface area contributed by atoms with E-state index in [1.807, 2.05) is 25.1 Å². The molecule has 1 aliphatic rings. The zero-order valence-corrected chi connectivity index (χ0v) is 14.7. The van der Waals surface area contributed by atoms with Crippen molar-refractivity contribution in [2.24, 2.45) is 0 Å². The van der Waals surface area contributed by atoms with E-state index in [4.69, 9.17) is 16.3 Å². The van der Waals surface area contributed by atoms with Gasteiger partial charge < -0.3 is 15.4 Å². The van der Waals surface area contributed by atoms with Crippen molar-refractivity contribution in [2.45, 2.75) is 25.3 Å². The number of ether oxygens (including phenoxy) is 1. The first-order valence-corrected chi connectivity index (χ1v) is 8.45. The molecule has 3 heterocycles. The summed E-state index contributed by atoms with van der Waals surface area (Å²) >= 11 is 6.30. The van der Waals surface area contributed by atoms with Crippen molar-refractivity contribution in [1.29, 1.82) is 0 Å². The maximum absolute atomic E-state index is 6.30. The Labute approximate surface area is 147 Å². The fourth-order valence-corrected chi connectivity index (χ4v) is 3.16. The monoisotopic (exact) mass is 347 g/mol. The molecule has 0 bridgehead atoms. The van der Waals surface area contributed by atoms with Gasteiger partial charge in [0.25, 0.3) is 0 Å². The summed E-state index contributed by atoms with van der Waals surface area (Å²) in [5, 5.41) is 7.41. The van der Waals surface area contributed by atoms with Crippen LogP contribution in [0.4, 0.5) is 5.82 Å². The number of anilines is 1. The molecule has 2 aromatic rings. The van der Waals surface area contributed by atoms with E-state index in [0.29, 0.717) is 23.3 Å². The van der Waals surface area contributed by atoms with E-state index in [0.717, 1.165) is 37.3 Å². The summed E-state index contributed by atoms with van der Waals surface area (Å²) in [6, 6.07) is 5.64. The van der Waals surface area contributed by atoms with Crippen LogP contribution < -0.4 is 10.6 Å². The molecule has 0 saturated carbocycles. The zero-order valence-electron chi connectivity index (χ0n) is 14.0. The van der Waals surface area contributed by atoms with Gasteiger partial charge >= 0.3 is 0 Å². The Hall–Kier alpha value is -1.76. The predicted octanol–water partition coefficient (Wildman–Crippen LogP) is 2.68. The molecule has 128 valence electrons. The minimum absolute atomic E-state index is 0.0657. The predicted molar refractivity (Wildman–Crippen MR) is 95.3 cm³/mol. The maximum atomic E-state index is 6.30. The summed E-state index contributed by atoms with van der Waals surface area (Å²) in [5.41, 5.74) is 1.47. The second-order valence-electron chi connectivity index (χ2n) is 6.12. The zero-order chi connectivity index (χ0) is 17.0. The number of hydrogen-bond donors (Lipinski definition) is 2. The minimum atomic E-state index is -0.0657. The van der Waals surface area contributed by atoms with Crippen LogP contribution in [0, 0.1) is 6.92 Å². The van der Waals surface area contributed by atoms with Crippen molar-refractivity contribution in [1.82, 2.24) is 20.3 Å². The second kappa shape index (κ2) is 7.42. The van der Waals surface area contributed by atoms with Gasteiger partial charge in [-0.3, -0.25) is 4.98 Å². The molecular weight excluding hydrogens is 326 g/mol. The molecular formula is C17H22ClN5O. The molecule has 0 spiro atoms. The van der Waals surface area contributed by atoms with E-state index < -0.39 is 0 Å². The average Bonchev–Trinajstić information content (AvgIpc) is 3.06. The summed E-state index contributed by atoms with van der Waals surface area (Å²) < 4.78 is 5.39. The van der Waals surface area contributed by atoms with E-state index in [1.165, 1.54) is 0 Å². The molecule has 1 fully saturated rings. The highest BCUT2D eigenvalue weighted by atomic mass is 35.5. The maximum Gasteiger partial charge on any atom is 0.181 e. The molecule has 1 saturated heterocycles. The number of rotatable bonds is 6. The molecule has 0 radical (unpaired) electrons. The fraction of sp³-hybridized carbons (Fsp3) is 0.471. The van der Waals surface area contributed by atoms with Crippen LogP contribution >= 0.6 is 11.6 Å². The first-order valence-electron chi connectivity index (χ1n) is 8.07. The molecule has 0 aromatic carbocycles. The number of nitrogens with zero attached hydrogens (tertiary/aromatic N) is 3. The van der Waals surface area contributed by atoms with Gasteiger partial charge in [-0.25, -0.2) is 9.97 Å². The Morgan fingerprint density at radius 2 is 2.25 bits per heavy atom. The molecule has 7 heteroatoms. The lowest BCUT2D eigenvalue weighted by Gasteiger charge is -2.29. The third-order valence-electron chi connectivity index (χ3n) is 4.33. The first-order chi connectivity index (χ1) is 11.6. The van der Waals surface area contributed by atoms with Crippen LogP contribution in [0.25, 0.3) is 11.5 Å². The van der Waals surface area contributed by atoms with Gasteiger partial charge in [0.15, 0.2) is 5.82 Å². The lowest BCUT2D eigenvalue weighted by Crippen LogP contribution is -2.49. The Morgan fingerprint density at radius 3 is 2.92 bits per heavy atom. The van der Waals surface area contributed by atoms with Crippen LogP contribution in [0.3, 0.4) is 0 Å². The van der Waals surface area contributed by atoms with Crippen LogP contribution in [0.15, 0.2) is 24.4 Å². The van der Waals surface area contributed by atoms with Crippen molar-refractivity contribution >= 4 is 17.4 Å². The highest BCUT2D eigenvalue weighted by Gasteiger charge is 2.33. The fourth-order valence-electron chi connectivity index (χ4n) is 2.99. The van der Waals surface area contributed by atoms with Crippen molar-refractivity contribution in [3.05, 3.63) is 35.1 Å². The van der Waals surface area contributed by atoms with Crippen LogP contribution in [0.2, 0.25) is 5.15 Å². The average molecular weight is 348 g/mol. The van der Waals surface area contributed by atoms with Crippen LogP contribution in [-0.4, -0.2) is 47.3 Å². The molecule has 0 aliphatic carbocycles. The molecule has 24 heavy (non-hydrogen) atoms. The number of hydrogen-bond acceptors (Lipinski definition) is 6. The topological polar surface area (TPSA) is 72.0 Å². The highest BCUT2D eigenvalue weighted by molar-refractivity contribution is 6.30. The van der Waals surface area contributed by atoms with E-state index in [-0.39, 0.29) is 5.54 Å². The van der Waals surface area contributed by atoms with Gasteiger partial charge in [-0.15, -0.1) is 0 Å². The second-order valence-corrected chi connectivity index (χ2v) is 6.48. The van der Waals surface area contributed by atoms with E-state index in [2.05, 4.69) is 25.6 Å².